The smallest absolute Gasteiger partial charge is 0.242 e. The van der Waals surface area contributed by atoms with E-state index in [1.165, 1.54) is 6.07 Å². The van der Waals surface area contributed by atoms with Gasteiger partial charge in [-0.05, 0) is 46.3 Å². The van der Waals surface area contributed by atoms with E-state index in [0.29, 0.717) is 5.69 Å². The lowest BCUT2D eigenvalue weighted by molar-refractivity contribution is 0.579. The van der Waals surface area contributed by atoms with E-state index in [1.807, 2.05) is 0 Å². The van der Waals surface area contributed by atoms with Crippen molar-refractivity contribution in [2.75, 3.05) is 0 Å². The van der Waals surface area contributed by atoms with Gasteiger partial charge in [-0.1, -0.05) is 6.07 Å². The number of pyridine rings is 1. The zero-order valence-electron chi connectivity index (χ0n) is 9.68. The molecule has 0 aliphatic carbocycles. The van der Waals surface area contributed by atoms with Gasteiger partial charge in [-0.25, -0.2) is 17.5 Å². The van der Waals surface area contributed by atoms with Crippen molar-refractivity contribution in [2.24, 2.45) is 0 Å². The molecule has 19 heavy (non-hydrogen) atoms. The third kappa shape index (κ3) is 3.59. The molecule has 2 aromatic rings. The van der Waals surface area contributed by atoms with Crippen LogP contribution in [0.3, 0.4) is 0 Å². The van der Waals surface area contributed by atoms with Gasteiger partial charge in [0.05, 0.1) is 17.1 Å². The summed E-state index contributed by atoms with van der Waals surface area (Å²) in [5, 5.41) is 0. The Balaban J connectivity index is 2.19. The number of nitrogens with zero attached hydrogens (tertiary/aromatic N) is 1. The van der Waals surface area contributed by atoms with Crippen LogP contribution in [0.4, 0.5) is 4.39 Å². The van der Waals surface area contributed by atoms with Crippen molar-refractivity contribution in [1.29, 1.82) is 0 Å². The van der Waals surface area contributed by atoms with Crippen LogP contribution in [0.15, 0.2) is 52.0 Å². The van der Waals surface area contributed by atoms with Gasteiger partial charge in [0.25, 0.3) is 0 Å². The third-order valence-corrected chi connectivity index (χ3v) is 4.73. The molecular weight excluding hydrogens is 335 g/mol. The molecule has 1 heterocycles. The van der Waals surface area contributed by atoms with Crippen LogP contribution in [0.25, 0.3) is 0 Å². The number of nitrogens with one attached hydrogen (secondary N) is 1. The molecular formula is C12H10BrFN2O2S. The van der Waals surface area contributed by atoms with E-state index in [4.69, 9.17) is 0 Å². The first kappa shape index (κ1) is 14.1. The Hall–Kier alpha value is -1.31. The van der Waals surface area contributed by atoms with Crippen molar-refractivity contribution in [3.05, 3.63) is 58.6 Å². The zero-order chi connectivity index (χ0) is 13.9. The van der Waals surface area contributed by atoms with Crippen molar-refractivity contribution in [1.82, 2.24) is 9.71 Å². The van der Waals surface area contributed by atoms with Gasteiger partial charge in [-0.3, -0.25) is 4.98 Å². The minimum Gasteiger partial charge on any atom is -0.260 e. The molecule has 0 saturated heterocycles. The highest BCUT2D eigenvalue weighted by Gasteiger charge is 2.17. The Morgan fingerprint density at radius 1 is 1.26 bits per heavy atom. The molecule has 0 spiro atoms. The summed E-state index contributed by atoms with van der Waals surface area (Å²) in [7, 11) is -3.71. The van der Waals surface area contributed by atoms with Crippen molar-refractivity contribution < 1.29 is 12.8 Å². The van der Waals surface area contributed by atoms with Crippen LogP contribution in [0, 0.1) is 5.82 Å². The van der Waals surface area contributed by atoms with Crippen LogP contribution >= 0.6 is 15.9 Å². The molecule has 0 aliphatic rings. The number of hydrogen-bond donors (Lipinski definition) is 1. The van der Waals surface area contributed by atoms with Crippen LogP contribution in [0.2, 0.25) is 0 Å². The van der Waals surface area contributed by atoms with Crippen LogP contribution in [-0.2, 0) is 16.6 Å². The minimum absolute atomic E-state index is 0.00942. The molecule has 0 atom stereocenters. The number of sulfonamides is 1. The molecule has 1 aromatic heterocycles. The molecule has 0 bridgehead atoms. The van der Waals surface area contributed by atoms with Crippen LogP contribution in [0.1, 0.15) is 5.69 Å². The van der Waals surface area contributed by atoms with E-state index in [9.17, 15) is 12.8 Å². The van der Waals surface area contributed by atoms with Gasteiger partial charge < -0.3 is 0 Å². The second-order valence-electron chi connectivity index (χ2n) is 3.72. The largest absolute Gasteiger partial charge is 0.260 e. The zero-order valence-corrected chi connectivity index (χ0v) is 12.1. The highest BCUT2D eigenvalue weighted by Crippen LogP contribution is 2.22. The molecule has 0 saturated carbocycles. The average Bonchev–Trinajstić information content (AvgIpc) is 2.37. The molecule has 4 nitrogen and oxygen atoms in total. The first-order valence-corrected chi connectivity index (χ1v) is 7.61. The van der Waals surface area contributed by atoms with Crippen molar-refractivity contribution in [3.63, 3.8) is 0 Å². The van der Waals surface area contributed by atoms with Crippen molar-refractivity contribution >= 4 is 26.0 Å². The van der Waals surface area contributed by atoms with E-state index in [1.54, 1.807) is 24.4 Å². The lowest BCUT2D eigenvalue weighted by atomic mass is 10.3. The van der Waals surface area contributed by atoms with Gasteiger partial charge in [0.2, 0.25) is 10.0 Å². The Morgan fingerprint density at radius 2 is 2.05 bits per heavy atom. The van der Waals surface area contributed by atoms with Gasteiger partial charge in [-0.2, -0.15) is 0 Å². The van der Waals surface area contributed by atoms with Crippen molar-refractivity contribution in [3.8, 4) is 0 Å². The summed E-state index contributed by atoms with van der Waals surface area (Å²) in [4.78, 5) is 4.00. The fourth-order valence-corrected chi connectivity index (χ4v) is 3.49. The van der Waals surface area contributed by atoms with Gasteiger partial charge in [0, 0.05) is 10.7 Å². The Kier molecular flexibility index (Phi) is 4.28. The number of aromatic nitrogens is 1. The van der Waals surface area contributed by atoms with E-state index >= 15 is 0 Å². The molecule has 0 fully saturated rings. The summed E-state index contributed by atoms with van der Waals surface area (Å²) < 4.78 is 39.6. The predicted molar refractivity (Wildman–Crippen MR) is 72.4 cm³/mol. The van der Waals surface area contributed by atoms with Crippen molar-refractivity contribution in [2.45, 2.75) is 11.4 Å². The van der Waals surface area contributed by atoms with E-state index in [0.717, 1.165) is 12.1 Å². The molecule has 2 rings (SSSR count). The lowest BCUT2D eigenvalue weighted by Crippen LogP contribution is -2.24. The van der Waals surface area contributed by atoms with E-state index in [-0.39, 0.29) is 15.9 Å². The number of hydrogen-bond acceptors (Lipinski definition) is 3. The average molecular weight is 345 g/mol. The van der Waals surface area contributed by atoms with Crippen LogP contribution in [0.5, 0.6) is 0 Å². The summed E-state index contributed by atoms with van der Waals surface area (Å²) >= 11 is 3.03. The maximum Gasteiger partial charge on any atom is 0.242 e. The predicted octanol–water partition coefficient (Wildman–Crippen LogP) is 2.46. The van der Waals surface area contributed by atoms with Gasteiger partial charge in [0.1, 0.15) is 5.82 Å². The maximum atomic E-state index is 12.9. The Bertz CT molecular complexity index is 677. The molecule has 1 aromatic carbocycles. The second kappa shape index (κ2) is 5.77. The first-order chi connectivity index (χ1) is 8.99. The highest BCUT2D eigenvalue weighted by atomic mass is 79.9. The quantitative estimate of drug-likeness (QED) is 0.926. The SMILES string of the molecule is O=S(=O)(NCc1ccccn1)c1ccc(F)cc1Br. The highest BCUT2D eigenvalue weighted by molar-refractivity contribution is 9.10. The lowest BCUT2D eigenvalue weighted by Gasteiger charge is -2.08. The van der Waals surface area contributed by atoms with Gasteiger partial charge in [0.15, 0.2) is 0 Å². The number of rotatable bonds is 4. The Morgan fingerprint density at radius 3 is 2.68 bits per heavy atom. The van der Waals surface area contributed by atoms with Gasteiger partial charge >= 0.3 is 0 Å². The second-order valence-corrected chi connectivity index (χ2v) is 6.31. The first-order valence-electron chi connectivity index (χ1n) is 5.34. The van der Waals surface area contributed by atoms with Gasteiger partial charge in [-0.15, -0.1) is 0 Å². The third-order valence-electron chi connectivity index (χ3n) is 2.35. The van der Waals surface area contributed by atoms with Crippen LogP contribution in [-0.4, -0.2) is 13.4 Å². The molecule has 100 valence electrons. The molecule has 1 N–H and O–H groups in total. The molecule has 0 amide bonds. The summed E-state index contributed by atoms with van der Waals surface area (Å²) in [6.07, 6.45) is 1.58. The van der Waals surface area contributed by atoms with E-state index < -0.39 is 15.8 Å². The molecule has 0 radical (unpaired) electrons. The number of benzene rings is 1. The fraction of sp³-hybridized carbons (Fsp3) is 0.0833. The number of halogens is 2. The normalized spacial score (nSPS) is 11.5. The summed E-state index contributed by atoms with van der Waals surface area (Å²) in [5.41, 5.74) is 0.601. The molecule has 0 aliphatic heterocycles. The standard InChI is InChI=1S/C12H10BrFN2O2S/c13-11-7-9(14)4-5-12(11)19(17,18)16-8-10-3-1-2-6-15-10/h1-7,16H,8H2. The fourth-order valence-electron chi connectivity index (χ4n) is 1.44. The maximum absolute atomic E-state index is 12.9. The summed E-state index contributed by atoms with van der Waals surface area (Å²) in [6.45, 7) is 0.0764. The Labute approximate surface area is 118 Å². The summed E-state index contributed by atoms with van der Waals surface area (Å²) in [6, 6.07) is 8.64. The minimum atomic E-state index is -3.71. The summed E-state index contributed by atoms with van der Waals surface area (Å²) in [5.74, 6) is -0.504. The van der Waals surface area contributed by atoms with E-state index in [2.05, 4.69) is 25.6 Å². The molecule has 0 unspecified atom stereocenters. The monoisotopic (exact) mass is 344 g/mol. The van der Waals surface area contributed by atoms with Crippen LogP contribution < -0.4 is 4.72 Å². The topological polar surface area (TPSA) is 59.1 Å². The molecule has 7 heteroatoms.